The molecule has 1 aromatic carbocycles. The highest BCUT2D eigenvalue weighted by Crippen LogP contribution is 2.30. The van der Waals surface area contributed by atoms with Crippen molar-refractivity contribution in [3.8, 4) is 5.82 Å². The zero-order valence-corrected chi connectivity index (χ0v) is 12.1. The lowest BCUT2D eigenvalue weighted by Crippen LogP contribution is -1.97. The SMILES string of the molecule is Brc1ccnc(-n2c3ccccc3c3cccnc32)c1. The molecule has 0 bridgehead atoms. The van der Waals surface area contributed by atoms with E-state index in [0.717, 1.165) is 26.8 Å². The maximum absolute atomic E-state index is 4.53. The van der Waals surface area contributed by atoms with Crippen LogP contribution in [0.3, 0.4) is 0 Å². The molecule has 0 atom stereocenters. The Kier molecular flexibility index (Phi) is 2.57. The smallest absolute Gasteiger partial charge is 0.146 e. The maximum atomic E-state index is 4.53. The second-order valence-electron chi connectivity index (χ2n) is 4.56. The summed E-state index contributed by atoms with van der Waals surface area (Å²) >= 11 is 3.50. The van der Waals surface area contributed by atoms with E-state index in [-0.39, 0.29) is 0 Å². The van der Waals surface area contributed by atoms with Crippen molar-refractivity contribution < 1.29 is 0 Å². The number of rotatable bonds is 1. The molecule has 20 heavy (non-hydrogen) atoms. The normalized spacial score (nSPS) is 11.2. The zero-order valence-electron chi connectivity index (χ0n) is 10.5. The molecular formula is C16H10BrN3. The highest BCUT2D eigenvalue weighted by molar-refractivity contribution is 9.10. The third-order valence-electron chi connectivity index (χ3n) is 3.37. The summed E-state index contributed by atoms with van der Waals surface area (Å²) in [5, 5.41) is 2.34. The molecule has 0 saturated carbocycles. The predicted molar refractivity (Wildman–Crippen MR) is 84.1 cm³/mol. The molecule has 0 amide bonds. The Labute approximate surface area is 124 Å². The van der Waals surface area contributed by atoms with Gasteiger partial charge in [-0.15, -0.1) is 0 Å². The van der Waals surface area contributed by atoms with Crippen LogP contribution < -0.4 is 0 Å². The zero-order chi connectivity index (χ0) is 13.5. The van der Waals surface area contributed by atoms with Gasteiger partial charge in [0.2, 0.25) is 0 Å². The molecule has 0 aliphatic carbocycles. The van der Waals surface area contributed by atoms with Crippen LogP contribution in [-0.4, -0.2) is 14.5 Å². The lowest BCUT2D eigenvalue weighted by molar-refractivity contribution is 1.05. The van der Waals surface area contributed by atoms with E-state index in [0.29, 0.717) is 0 Å². The van der Waals surface area contributed by atoms with E-state index in [1.807, 2.05) is 36.5 Å². The van der Waals surface area contributed by atoms with Gasteiger partial charge in [-0.2, -0.15) is 0 Å². The monoisotopic (exact) mass is 323 g/mol. The first-order valence-electron chi connectivity index (χ1n) is 6.31. The number of hydrogen-bond acceptors (Lipinski definition) is 2. The molecule has 0 saturated heterocycles. The van der Waals surface area contributed by atoms with Crippen LogP contribution in [0.5, 0.6) is 0 Å². The first kappa shape index (κ1) is 11.6. The van der Waals surface area contributed by atoms with Gasteiger partial charge in [0.15, 0.2) is 0 Å². The van der Waals surface area contributed by atoms with Crippen molar-refractivity contribution in [2.24, 2.45) is 0 Å². The van der Waals surface area contributed by atoms with E-state index in [2.05, 4.69) is 48.7 Å². The molecule has 3 heterocycles. The molecule has 0 aliphatic rings. The number of hydrogen-bond donors (Lipinski definition) is 0. The van der Waals surface area contributed by atoms with Gasteiger partial charge in [0.05, 0.1) is 5.52 Å². The van der Waals surface area contributed by atoms with E-state index < -0.39 is 0 Å². The van der Waals surface area contributed by atoms with Crippen LogP contribution in [0.25, 0.3) is 27.8 Å². The molecule has 4 rings (SSSR count). The van der Waals surface area contributed by atoms with E-state index >= 15 is 0 Å². The van der Waals surface area contributed by atoms with Crippen LogP contribution >= 0.6 is 15.9 Å². The fourth-order valence-electron chi connectivity index (χ4n) is 2.54. The van der Waals surface area contributed by atoms with Crippen LogP contribution in [0.15, 0.2) is 65.4 Å². The molecule has 0 spiro atoms. The molecular weight excluding hydrogens is 314 g/mol. The van der Waals surface area contributed by atoms with Gasteiger partial charge in [0, 0.05) is 27.6 Å². The highest BCUT2D eigenvalue weighted by atomic mass is 79.9. The lowest BCUT2D eigenvalue weighted by atomic mass is 10.2. The largest absolute Gasteiger partial charge is 0.278 e. The predicted octanol–water partition coefficient (Wildman–Crippen LogP) is 4.34. The van der Waals surface area contributed by atoms with Gasteiger partial charge < -0.3 is 0 Å². The molecule has 96 valence electrons. The first-order chi connectivity index (χ1) is 9.84. The number of para-hydroxylation sites is 1. The van der Waals surface area contributed by atoms with Crippen LogP contribution in [0, 0.1) is 0 Å². The lowest BCUT2D eigenvalue weighted by Gasteiger charge is -2.05. The molecule has 4 aromatic rings. The summed E-state index contributed by atoms with van der Waals surface area (Å²) in [6.07, 6.45) is 3.61. The maximum Gasteiger partial charge on any atom is 0.146 e. The summed E-state index contributed by atoms with van der Waals surface area (Å²) in [6.45, 7) is 0. The highest BCUT2D eigenvalue weighted by Gasteiger charge is 2.12. The Bertz CT molecular complexity index is 874. The van der Waals surface area contributed by atoms with Crippen LogP contribution in [0.4, 0.5) is 0 Å². The number of aromatic nitrogens is 3. The van der Waals surface area contributed by atoms with E-state index in [1.165, 1.54) is 5.39 Å². The summed E-state index contributed by atoms with van der Waals surface area (Å²) < 4.78 is 3.10. The van der Waals surface area contributed by atoms with E-state index in [4.69, 9.17) is 0 Å². The Morgan fingerprint density at radius 3 is 2.60 bits per heavy atom. The minimum absolute atomic E-state index is 0.865. The van der Waals surface area contributed by atoms with Crippen molar-refractivity contribution in [1.29, 1.82) is 0 Å². The van der Waals surface area contributed by atoms with Crippen LogP contribution in [0.2, 0.25) is 0 Å². The third kappa shape index (κ3) is 1.65. The average molecular weight is 324 g/mol. The Morgan fingerprint density at radius 2 is 1.70 bits per heavy atom. The van der Waals surface area contributed by atoms with Gasteiger partial charge in [-0.3, -0.25) is 4.57 Å². The minimum atomic E-state index is 0.865. The molecule has 0 N–H and O–H groups in total. The second kappa shape index (κ2) is 4.42. The molecule has 0 radical (unpaired) electrons. The van der Waals surface area contributed by atoms with Gasteiger partial charge in [-0.05, 0) is 30.3 Å². The van der Waals surface area contributed by atoms with Crippen molar-refractivity contribution in [3.05, 3.63) is 65.4 Å². The van der Waals surface area contributed by atoms with Crippen molar-refractivity contribution >= 4 is 37.9 Å². The minimum Gasteiger partial charge on any atom is -0.278 e. The van der Waals surface area contributed by atoms with Gasteiger partial charge in [0.25, 0.3) is 0 Å². The number of halogens is 1. The van der Waals surface area contributed by atoms with Crippen LogP contribution in [0.1, 0.15) is 0 Å². The fourth-order valence-corrected chi connectivity index (χ4v) is 2.87. The van der Waals surface area contributed by atoms with Gasteiger partial charge in [-0.25, -0.2) is 9.97 Å². The van der Waals surface area contributed by atoms with Crippen molar-refractivity contribution in [2.45, 2.75) is 0 Å². The van der Waals surface area contributed by atoms with Gasteiger partial charge >= 0.3 is 0 Å². The summed E-state index contributed by atoms with van der Waals surface area (Å²) in [5.41, 5.74) is 2.05. The Morgan fingerprint density at radius 1 is 0.850 bits per heavy atom. The summed E-state index contributed by atoms with van der Waals surface area (Å²) in [5.74, 6) is 0.865. The van der Waals surface area contributed by atoms with Gasteiger partial charge in [-0.1, -0.05) is 34.1 Å². The number of nitrogens with zero attached hydrogens (tertiary/aromatic N) is 3. The number of pyridine rings is 2. The second-order valence-corrected chi connectivity index (χ2v) is 5.48. The molecule has 4 heteroatoms. The molecule has 0 aliphatic heterocycles. The number of benzene rings is 1. The summed E-state index contributed by atoms with van der Waals surface area (Å²) in [7, 11) is 0. The van der Waals surface area contributed by atoms with E-state index in [9.17, 15) is 0 Å². The van der Waals surface area contributed by atoms with Crippen molar-refractivity contribution in [2.75, 3.05) is 0 Å². The topological polar surface area (TPSA) is 30.7 Å². The summed E-state index contributed by atoms with van der Waals surface area (Å²) in [6, 6.07) is 16.3. The number of fused-ring (bicyclic) bond motifs is 3. The van der Waals surface area contributed by atoms with Gasteiger partial charge in [0.1, 0.15) is 11.5 Å². The summed E-state index contributed by atoms with van der Waals surface area (Å²) in [4.78, 5) is 9.01. The molecule has 3 aromatic heterocycles. The van der Waals surface area contributed by atoms with E-state index in [1.54, 1.807) is 6.20 Å². The van der Waals surface area contributed by atoms with Crippen molar-refractivity contribution in [1.82, 2.24) is 14.5 Å². The first-order valence-corrected chi connectivity index (χ1v) is 7.10. The standard InChI is InChI=1S/C16H10BrN3/c17-11-7-9-18-15(10-11)20-14-6-2-1-4-12(14)13-5-3-8-19-16(13)20/h1-10H. The quantitative estimate of drug-likeness (QED) is 0.521. The van der Waals surface area contributed by atoms with Crippen molar-refractivity contribution in [3.63, 3.8) is 0 Å². The Balaban J connectivity index is 2.21. The molecule has 0 unspecified atom stereocenters. The average Bonchev–Trinajstić information content (AvgIpc) is 2.82. The molecule has 0 fully saturated rings. The molecule has 3 nitrogen and oxygen atoms in total. The Hall–Kier alpha value is -2.20. The third-order valence-corrected chi connectivity index (χ3v) is 3.86. The fraction of sp³-hybridized carbons (Fsp3) is 0. The van der Waals surface area contributed by atoms with Crippen LogP contribution in [-0.2, 0) is 0 Å².